The van der Waals surface area contributed by atoms with E-state index < -0.39 is 0 Å². The maximum atomic E-state index is 12.3. The van der Waals surface area contributed by atoms with E-state index in [1.54, 1.807) is 18.5 Å². The molecule has 0 aliphatic carbocycles. The highest BCUT2D eigenvalue weighted by atomic mass is 16.5. The lowest BCUT2D eigenvalue weighted by molar-refractivity contribution is -0.121. The van der Waals surface area contributed by atoms with E-state index in [-0.39, 0.29) is 5.91 Å². The van der Waals surface area contributed by atoms with Crippen molar-refractivity contribution in [3.63, 3.8) is 0 Å². The van der Waals surface area contributed by atoms with Gasteiger partial charge in [-0.25, -0.2) is 0 Å². The van der Waals surface area contributed by atoms with Crippen molar-refractivity contribution in [2.45, 2.75) is 38.9 Å². The van der Waals surface area contributed by atoms with Gasteiger partial charge in [0, 0.05) is 57.0 Å². The van der Waals surface area contributed by atoms with Crippen molar-refractivity contribution < 1.29 is 9.53 Å². The van der Waals surface area contributed by atoms with Gasteiger partial charge in [-0.05, 0) is 24.1 Å². The molecular weight excluding hydrogens is 416 g/mol. The number of pyridine rings is 1. The number of nitrogens with zero attached hydrogens (tertiary/aromatic N) is 5. The SMILES string of the molecule is C=CCOc1ccccc1CN1CCc2nnc(CNC(=O)CCc3cccnc3)n2CC1. The highest BCUT2D eigenvalue weighted by molar-refractivity contribution is 5.76. The Morgan fingerprint density at radius 3 is 2.91 bits per heavy atom. The van der Waals surface area contributed by atoms with Gasteiger partial charge in [0.2, 0.25) is 5.91 Å². The smallest absolute Gasteiger partial charge is 0.220 e. The van der Waals surface area contributed by atoms with Crippen LogP contribution in [0.15, 0.2) is 61.4 Å². The Bertz CT molecular complexity index is 1070. The van der Waals surface area contributed by atoms with Crippen LogP contribution in [0.5, 0.6) is 5.75 Å². The van der Waals surface area contributed by atoms with Crippen LogP contribution >= 0.6 is 0 Å². The van der Waals surface area contributed by atoms with Gasteiger partial charge in [0.1, 0.15) is 18.2 Å². The van der Waals surface area contributed by atoms with Gasteiger partial charge in [0.25, 0.3) is 0 Å². The summed E-state index contributed by atoms with van der Waals surface area (Å²) in [7, 11) is 0. The number of ether oxygens (including phenoxy) is 1. The molecule has 1 N–H and O–H groups in total. The van der Waals surface area contributed by atoms with Crippen LogP contribution in [-0.4, -0.2) is 50.3 Å². The first-order valence-corrected chi connectivity index (χ1v) is 11.3. The van der Waals surface area contributed by atoms with Crippen LogP contribution in [0.25, 0.3) is 0 Å². The van der Waals surface area contributed by atoms with Crippen molar-refractivity contribution in [1.82, 2.24) is 30.0 Å². The van der Waals surface area contributed by atoms with Gasteiger partial charge >= 0.3 is 0 Å². The first kappa shape index (κ1) is 22.7. The molecule has 1 aromatic carbocycles. The number of fused-ring (bicyclic) bond motifs is 1. The van der Waals surface area contributed by atoms with E-state index in [0.717, 1.165) is 61.1 Å². The largest absolute Gasteiger partial charge is 0.489 e. The summed E-state index contributed by atoms with van der Waals surface area (Å²) in [5.74, 6) is 2.67. The highest BCUT2D eigenvalue weighted by Gasteiger charge is 2.20. The Morgan fingerprint density at radius 1 is 1.15 bits per heavy atom. The molecule has 0 unspecified atom stereocenters. The Balaban J connectivity index is 1.30. The molecule has 3 aromatic rings. The van der Waals surface area contributed by atoms with Crippen LogP contribution < -0.4 is 10.1 Å². The van der Waals surface area contributed by atoms with Gasteiger partial charge in [-0.1, -0.05) is 36.9 Å². The lowest BCUT2D eigenvalue weighted by Gasteiger charge is -2.21. The van der Waals surface area contributed by atoms with Crippen LogP contribution in [-0.2, 0) is 37.3 Å². The molecule has 172 valence electrons. The predicted octanol–water partition coefficient (Wildman–Crippen LogP) is 2.55. The molecule has 0 fully saturated rings. The minimum Gasteiger partial charge on any atom is -0.489 e. The lowest BCUT2D eigenvalue weighted by Crippen LogP contribution is -2.28. The number of para-hydroxylation sites is 1. The van der Waals surface area contributed by atoms with Gasteiger partial charge < -0.3 is 14.6 Å². The van der Waals surface area contributed by atoms with Crippen molar-refractivity contribution >= 4 is 5.91 Å². The van der Waals surface area contributed by atoms with Crippen LogP contribution in [0.4, 0.5) is 0 Å². The second-order valence-corrected chi connectivity index (χ2v) is 8.06. The average Bonchev–Trinajstić information content (AvgIpc) is 3.13. The average molecular weight is 447 g/mol. The second kappa shape index (κ2) is 11.4. The monoisotopic (exact) mass is 446 g/mol. The summed E-state index contributed by atoms with van der Waals surface area (Å²) in [5, 5.41) is 11.7. The standard InChI is InChI=1S/C25H30N6O2/c1-2-16-33-22-8-4-3-7-21(22)19-30-13-11-23-28-29-24(31(23)15-14-30)18-27-25(32)10-9-20-6-5-12-26-17-20/h2-8,12,17H,1,9-11,13-16,18-19H2,(H,27,32). The van der Waals surface area contributed by atoms with Crippen molar-refractivity contribution in [3.05, 3.63) is 84.2 Å². The molecule has 0 spiro atoms. The first-order chi connectivity index (χ1) is 16.2. The molecule has 0 saturated carbocycles. The Labute approximate surface area is 194 Å². The number of carbonyl (C=O) groups is 1. The minimum atomic E-state index is 0.00239. The number of carbonyl (C=O) groups excluding carboxylic acids is 1. The summed E-state index contributed by atoms with van der Waals surface area (Å²) in [6, 6.07) is 12.0. The fourth-order valence-electron chi connectivity index (χ4n) is 3.95. The summed E-state index contributed by atoms with van der Waals surface area (Å²) < 4.78 is 7.95. The van der Waals surface area contributed by atoms with Gasteiger partial charge in [-0.2, -0.15) is 0 Å². The summed E-state index contributed by atoms with van der Waals surface area (Å²) in [6.45, 7) is 7.98. The number of hydrogen-bond donors (Lipinski definition) is 1. The number of rotatable bonds is 10. The summed E-state index contributed by atoms with van der Waals surface area (Å²) in [5.41, 5.74) is 2.22. The molecule has 0 saturated heterocycles. The van der Waals surface area contributed by atoms with E-state index in [9.17, 15) is 4.79 Å². The zero-order valence-corrected chi connectivity index (χ0v) is 18.8. The number of nitrogens with one attached hydrogen (secondary N) is 1. The Kier molecular flexibility index (Phi) is 7.81. The van der Waals surface area contributed by atoms with Crippen molar-refractivity contribution in [2.24, 2.45) is 0 Å². The molecule has 1 aliphatic rings. The van der Waals surface area contributed by atoms with Gasteiger partial charge in [0.15, 0.2) is 5.82 Å². The maximum Gasteiger partial charge on any atom is 0.220 e. The van der Waals surface area contributed by atoms with Crippen LogP contribution in [0, 0.1) is 0 Å². The summed E-state index contributed by atoms with van der Waals surface area (Å²) in [6.07, 6.45) is 7.20. The third-order valence-corrected chi connectivity index (χ3v) is 5.73. The van der Waals surface area contributed by atoms with Crippen molar-refractivity contribution in [2.75, 3.05) is 19.7 Å². The second-order valence-electron chi connectivity index (χ2n) is 8.06. The van der Waals surface area contributed by atoms with E-state index >= 15 is 0 Å². The van der Waals surface area contributed by atoms with Crippen molar-refractivity contribution in [3.8, 4) is 5.75 Å². The molecule has 3 heterocycles. The molecule has 1 amide bonds. The number of amides is 1. The van der Waals surface area contributed by atoms with E-state index in [1.807, 2.05) is 30.3 Å². The Morgan fingerprint density at radius 2 is 2.06 bits per heavy atom. The molecule has 0 radical (unpaired) electrons. The van der Waals surface area contributed by atoms with Crippen LogP contribution in [0.3, 0.4) is 0 Å². The van der Waals surface area contributed by atoms with Crippen LogP contribution in [0.2, 0.25) is 0 Å². The quantitative estimate of drug-likeness (QED) is 0.482. The topological polar surface area (TPSA) is 85.2 Å². The van der Waals surface area contributed by atoms with E-state index in [2.05, 4.69) is 42.6 Å². The molecule has 0 atom stereocenters. The van der Waals surface area contributed by atoms with Crippen molar-refractivity contribution in [1.29, 1.82) is 0 Å². The normalized spacial score (nSPS) is 13.7. The molecule has 2 aromatic heterocycles. The highest BCUT2D eigenvalue weighted by Crippen LogP contribution is 2.21. The minimum absolute atomic E-state index is 0.00239. The number of benzene rings is 1. The van der Waals surface area contributed by atoms with E-state index in [1.165, 1.54) is 0 Å². The fourth-order valence-corrected chi connectivity index (χ4v) is 3.95. The predicted molar refractivity (Wildman–Crippen MR) is 126 cm³/mol. The van der Waals surface area contributed by atoms with Gasteiger partial charge in [-0.3, -0.25) is 14.7 Å². The molecule has 1 aliphatic heterocycles. The lowest BCUT2D eigenvalue weighted by atomic mass is 10.1. The van der Waals surface area contributed by atoms with Crippen LogP contribution in [0.1, 0.15) is 29.2 Å². The molecule has 8 heteroatoms. The molecule has 33 heavy (non-hydrogen) atoms. The zero-order chi connectivity index (χ0) is 22.9. The number of hydrogen-bond acceptors (Lipinski definition) is 6. The van der Waals surface area contributed by atoms with E-state index in [4.69, 9.17) is 4.74 Å². The molecule has 4 rings (SSSR count). The molecular formula is C25H30N6O2. The summed E-state index contributed by atoms with van der Waals surface area (Å²) in [4.78, 5) is 18.8. The fraction of sp³-hybridized carbons (Fsp3) is 0.360. The molecule has 8 nitrogen and oxygen atoms in total. The third-order valence-electron chi connectivity index (χ3n) is 5.73. The van der Waals surface area contributed by atoms with E-state index in [0.29, 0.717) is 26.0 Å². The van der Waals surface area contributed by atoms with Gasteiger partial charge in [0.05, 0.1) is 6.54 Å². The maximum absolute atomic E-state index is 12.3. The zero-order valence-electron chi connectivity index (χ0n) is 18.8. The number of aryl methyl sites for hydroxylation is 1. The molecule has 0 bridgehead atoms. The number of aromatic nitrogens is 4. The third kappa shape index (κ3) is 6.26. The van der Waals surface area contributed by atoms with Gasteiger partial charge in [-0.15, -0.1) is 10.2 Å². The Hall–Kier alpha value is -3.52. The first-order valence-electron chi connectivity index (χ1n) is 11.3. The summed E-state index contributed by atoms with van der Waals surface area (Å²) >= 11 is 0.